The van der Waals surface area contributed by atoms with E-state index in [0.717, 1.165) is 16.5 Å². The zero-order chi connectivity index (χ0) is 17.6. The van der Waals surface area contributed by atoms with Crippen LogP contribution in [0.25, 0.3) is 10.9 Å². The maximum absolute atomic E-state index is 11.9. The van der Waals surface area contributed by atoms with E-state index in [1.165, 1.54) is 0 Å². The molecule has 1 aromatic heterocycles. The third kappa shape index (κ3) is 3.98. The number of fused-ring (bicyclic) bond motifs is 1. The fourth-order valence-electron chi connectivity index (χ4n) is 2.59. The van der Waals surface area contributed by atoms with Gasteiger partial charge in [0.1, 0.15) is 5.75 Å². The molecule has 0 unspecified atom stereocenters. The average molecular weight is 337 g/mol. The SMILES string of the molecule is COc1ccc(NC(=O)C(=O)NCCc2c[nH]c3ccccc23)cc1. The van der Waals surface area contributed by atoms with Crippen molar-refractivity contribution in [2.75, 3.05) is 19.0 Å². The van der Waals surface area contributed by atoms with Crippen LogP contribution in [-0.4, -0.2) is 30.5 Å². The van der Waals surface area contributed by atoms with Crippen LogP contribution >= 0.6 is 0 Å². The molecule has 0 bridgehead atoms. The van der Waals surface area contributed by atoms with Crippen LogP contribution in [0.15, 0.2) is 54.7 Å². The first-order chi connectivity index (χ1) is 12.2. The third-order valence-electron chi connectivity index (χ3n) is 3.91. The summed E-state index contributed by atoms with van der Waals surface area (Å²) in [6, 6.07) is 14.7. The van der Waals surface area contributed by atoms with Gasteiger partial charge in [0.05, 0.1) is 7.11 Å². The lowest BCUT2D eigenvalue weighted by Gasteiger charge is -2.07. The molecule has 3 aromatic rings. The predicted octanol–water partition coefficient (Wildman–Crippen LogP) is 2.47. The molecule has 2 aromatic carbocycles. The van der Waals surface area contributed by atoms with E-state index in [1.807, 2.05) is 30.5 Å². The number of anilines is 1. The molecule has 0 saturated carbocycles. The summed E-state index contributed by atoms with van der Waals surface area (Å²) in [6.07, 6.45) is 2.57. The number of hydrogen-bond acceptors (Lipinski definition) is 3. The summed E-state index contributed by atoms with van der Waals surface area (Å²) in [5, 5.41) is 6.32. The number of rotatable bonds is 5. The first-order valence-electron chi connectivity index (χ1n) is 7.95. The van der Waals surface area contributed by atoms with Crippen molar-refractivity contribution in [3.8, 4) is 5.75 Å². The number of nitrogens with one attached hydrogen (secondary N) is 3. The van der Waals surface area contributed by atoms with Crippen molar-refractivity contribution in [3.63, 3.8) is 0 Å². The number of benzene rings is 2. The van der Waals surface area contributed by atoms with E-state index >= 15 is 0 Å². The molecule has 0 atom stereocenters. The van der Waals surface area contributed by atoms with Crippen LogP contribution in [0.3, 0.4) is 0 Å². The van der Waals surface area contributed by atoms with E-state index in [2.05, 4.69) is 15.6 Å². The van der Waals surface area contributed by atoms with Gasteiger partial charge in [0.15, 0.2) is 0 Å². The van der Waals surface area contributed by atoms with Gasteiger partial charge in [-0.25, -0.2) is 0 Å². The number of carbonyl (C=O) groups excluding carboxylic acids is 2. The Labute approximate surface area is 145 Å². The second kappa shape index (κ2) is 7.53. The number of aromatic amines is 1. The van der Waals surface area contributed by atoms with E-state index in [9.17, 15) is 9.59 Å². The van der Waals surface area contributed by atoms with Crippen LogP contribution in [0.4, 0.5) is 5.69 Å². The summed E-state index contributed by atoms with van der Waals surface area (Å²) < 4.78 is 5.05. The van der Waals surface area contributed by atoms with E-state index in [1.54, 1.807) is 31.4 Å². The van der Waals surface area contributed by atoms with Crippen molar-refractivity contribution in [2.45, 2.75) is 6.42 Å². The van der Waals surface area contributed by atoms with Crippen molar-refractivity contribution < 1.29 is 14.3 Å². The molecule has 0 fully saturated rings. The van der Waals surface area contributed by atoms with Crippen LogP contribution in [0.2, 0.25) is 0 Å². The number of methoxy groups -OCH3 is 1. The highest BCUT2D eigenvalue weighted by atomic mass is 16.5. The highest BCUT2D eigenvalue weighted by Gasteiger charge is 2.13. The monoisotopic (exact) mass is 337 g/mol. The van der Waals surface area contributed by atoms with Gasteiger partial charge in [-0.1, -0.05) is 18.2 Å². The summed E-state index contributed by atoms with van der Waals surface area (Å²) in [7, 11) is 1.56. The highest BCUT2D eigenvalue weighted by Crippen LogP contribution is 2.17. The molecule has 0 saturated heterocycles. The second-order valence-corrected chi connectivity index (χ2v) is 5.55. The third-order valence-corrected chi connectivity index (χ3v) is 3.91. The Morgan fingerprint density at radius 3 is 2.56 bits per heavy atom. The Morgan fingerprint density at radius 2 is 1.80 bits per heavy atom. The van der Waals surface area contributed by atoms with Crippen LogP contribution < -0.4 is 15.4 Å². The average Bonchev–Trinajstić information content (AvgIpc) is 3.05. The topological polar surface area (TPSA) is 83.2 Å². The molecule has 1 heterocycles. The van der Waals surface area contributed by atoms with Crippen molar-refractivity contribution in [2.24, 2.45) is 0 Å². The normalized spacial score (nSPS) is 10.4. The minimum atomic E-state index is -0.691. The number of amides is 2. The Balaban J connectivity index is 1.50. The molecule has 6 heteroatoms. The van der Waals surface area contributed by atoms with Crippen LogP contribution in [0.1, 0.15) is 5.56 Å². The number of carbonyl (C=O) groups is 2. The largest absolute Gasteiger partial charge is 0.497 e. The maximum atomic E-state index is 11.9. The van der Waals surface area contributed by atoms with E-state index < -0.39 is 11.8 Å². The molecular formula is C19H19N3O3. The molecule has 0 aliphatic carbocycles. The van der Waals surface area contributed by atoms with Gasteiger partial charge in [-0.3, -0.25) is 9.59 Å². The molecule has 25 heavy (non-hydrogen) atoms. The van der Waals surface area contributed by atoms with Crippen molar-refractivity contribution in [3.05, 3.63) is 60.3 Å². The van der Waals surface area contributed by atoms with Gasteiger partial charge in [-0.05, 0) is 42.3 Å². The number of ether oxygens (including phenoxy) is 1. The van der Waals surface area contributed by atoms with Crippen LogP contribution in [0.5, 0.6) is 5.75 Å². The predicted molar refractivity (Wildman–Crippen MR) is 96.6 cm³/mol. The van der Waals surface area contributed by atoms with Gasteiger partial charge in [0.25, 0.3) is 0 Å². The molecule has 6 nitrogen and oxygen atoms in total. The summed E-state index contributed by atoms with van der Waals surface area (Å²) in [5.74, 6) is -0.666. The lowest BCUT2D eigenvalue weighted by molar-refractivity contribution is -0.136. The van der Waals surface area contributed by atoms with Gasteiger partial charge in [0, 0.05) is 29.3 Å². The Bertz CT molecular complexity index is 884. The molecule has 3 N–H and O–H groups in total. The standard InChI is InChI=1S/C19H19N3O3/c1-25-15-8-6-14(7-9-15)22-19(24)18(23)20-11-10-13-12-21-17-5-3-2-4-16(13)17/h2-9,12,21H,10-11H2,1H3,(H,20,23)(H,22,24). The Hall–Kier alpha value is -3.28. The van der Waals surface area contributed by atoms with E-state index in [0.29, 0.717) is 24.4 Å². The first-order valence-corrected chi connectivity index (χ1v) is 7.95. The second-order valence-electron chi connectivity index (χ2n) is 5.55. The fraction of sp³-hybridized carbons (Fsp3) is 0.158. The molecule has 128 valence electrons. The summed E-state index contributed by atoms with van der Waals surface area (Å²) in [6.45, 7) is 0.386. The quantitative estimate of drug-likeness (QED) is 0.626. The van der Waals surface area contributed by atoms with E-state index in [4.69, 9.17) is 4.74 Å². The smallest absolute Gasteiger partial charge is 0.313 e. The van der Waals surface area contributed by atoms with E-state index in [-0.39, 0.29) is 0 Å². The summed E-state index contributed by atoms with van der Waals surface area (Å²) >= 11 is 0. The van der Waals surface area contributed by atoms with Crippen molar-refractivity contribution >= 4 is 28.4 Å². The molecular weight excluding hydrogens is 318 g/mol. The molecule has 0 aliphatic heterocycles. The van der Waals surface area contributed by atoms with Crippen LogP contribution in [-0.2, 0) is 16.0 Å². The highest BCUT2D eigenvalue weighted by molar-refractivity contribution is 6.39. The molecule has 0 radical (unpaired) electrons. The first kappa shape index (κ1) is 16.6. The van der Waals surface area contributed by atoms with Crippen molar-refractivity contribution in [1.29, 1.82) is 0 Å². The van der Waals surface area contributed by atoms with Gasteiger partial charge in [0.2, 0.25) is 0 Å². The molecule has 0 aliphatic rings. The number of H-pyrrole nitrogens is 1. The molecule has 3 rings (SSSR count). The number of aromatic nitrogens is 1. The lowest BCUT2D eigenvalue weighted by atomic mass is 10.1. The molecule has 0 spiro atoms. The van der Waals surface area contributed by atoms with Crippen LogP contribution in [0, 0.1) is 0 Å². The fourth-order valence-corrected chi connectivity index (χ4v) is 2.59. The van der Waals surface area contributed by atoms with Gasteiger partial charge in [-0.2, -0.15) is 0 Å². The van der Waals surface area contributed by atoms with Gasteiger partial charge in [-0.15, -0.1) is 0 Å². The number of hydrogen-bond donors (Lipinski definition) is 3. The summed E-state index contributed by atoms with van der Waals surface area (Å²) in [4.78, 5) is 27.0. The lowest BCUT2D eigenvalue weighted by Crippen LogP contribution is -2.36. The van der Waals surface area contributed by atoms with Gasteiger partial charge >= 0.3 is 11.8 Å². The molecule has 2 amide bonds. The number of para-hydroxylation sites is 1. The van der Waals surface area contributed by atoms with Crippen molar-refractivity contribution in [1.82, 2.24) is 10.3 Å². The van der Waals surface area contributed by atoms with Gasteiger partial charge < -0.3 is 20.4 Å². The Kier molecular flexibility index (Phi) is 4.99. The minimum Gasteiger partial charge on any atom is -0.497 e. The maximum Gasteiger partial charge on any atom is 0.313 e. The summed E-state index contributed by atoms with van der Waals surface area (Å²) in [5.41, 5.74) is 2.70. The zero-order valence-electron chi connectivity index (χ0n) is 13.8. The Morgan fingerprint density at radius 1 is 1.04 bits per heavy atom. The zero-order valence-corrected chi connectivity index (χ0v) is 13.8. The minimum absolute atomic E-state index is 0.386.